The van der Waals surface area contributed by atoms with E-state index in [-0.39, 0.29) is 5.69 Å². The van der Waals surface area contributed by atoms with Crippen molar-refractivity contribution in [2.45, 2.75) is 32.7 Å². The first-order chi connectivity index (χ1) is 14.2. The highest BCUT2D eigenvalue weighted by molar-refractivity contribution is 6.04. The Bertz CT molecular complexity index is 1130. The summed E-state index contributed by atoms with van der Waals surface area (Å²) >= 11 is 0. The first kappa shape index (κ1) is 18.8. The number of aromatic amines is 1. The largest absolute Gasteiger partial charge is 0.364 e. The molecule has 8 heteroatoms. The number of fused-ring (bicyclic) bond motifs is 1. The van der Waals surface area contributed by atoms with Gasteiger partial charge in [0.15, 0.2) is 11.5 Å². The quantitative estimate of drug-likeness (QED) is 0.480. The number of hydrogen-bond acceptors (Lipinski definition) is 5. The van der Waals surface area contributed by atoms with E-state index in [4.69, 9.17) is 5.73 Å². The van der Waals surface area contributed by atoms with Crippen LogP contribution in [0, 0.1) is 6.42 Å². The molecule has 0 saturated heterocycles. The second-order valence-corrected chi connectivity index (χ2v) is 6.87. The lowest BCUT2D eigenvalue weighted by Crippen LogP contribution is -2.11. The average Bonchev–Trinajstić information content (AvgIpc) is 3.37. The van der Waals surface area contributed by atoms with E-state index in [2.05, 4.69) is 50.8 Å². The van der Waals surface area contributed by atoms with Crippen molar-refractivity contribution in [3.63, 3.8) is 0 Å². The predicted molar refractivity (Wildman–Crippen MR) is 109 cm³/mol. The van der Waals surface area contributed by atoms with Crippen molar-refractivity contribution in [2.24, 2.45) is 5.73 Å². The van der Waals surface area contributed by atoms with E-state index in [0.29, 0.717) is 13.0 Å². The fourth-order valence-corrected chi connectivity index (χ4v) is 3.45. The molecule has 0 fully saturated rings. The molecule has 4 rings (SSSR count). The topological polar surface area (TPSA) is 115 Å². The Labute approximate surface area is 168 Å². The second-order valence-electron chi connectivity index (χ2n) is 6.87. The van der Waals surface area contributed by atoms with Crippen LogP contribution in [0.2, 0.25) is 0 Å². The molecular weight excluding hydrogens is 366 g/mol. The third-order valence-corrected chi connectivity index (χ3v) is 4.96. The van der Waals surface area contributed by atoms with Gasteiger partial charge in [-0.1, -0.05) is 43.3 Å². The molecule has 1 radical (unpaired) electrons. The molecule has 0 spiro atoms. The van der Waals surface area contributed by atoms with E-state index >= 15 is 0 Å². The van der Waals surface area contributed by atoms with E-state index < -0.39 is 5.91 Å². The zero-order chi connectivity index (χ0) is 20.2. The molecule has 0 aliphatic heterocycles. The molecule has 8 nitrogen and oxygen atoms in total. The molecule has 0 bridgehead atoms. The molecule has 0 unspecified atom stereocenters. The number of tetrazole rings is 1. The lowest BCUT2D eigenvalue weighted by molar-refractivity contribution is 0.0997. The van der Waals surface area contributed by atoms with Crippen LogP contribution in [0.1, 0.15) is 39.9 Å². The number of carbonyl (C=O) groups excluding carboxylic acids is 1. The van der Waals surface area contributed by atoms with Crippen molar-refractivity contribution in [1.82, 2.24) is 30.4 Å². The third kappa shape index (κ3) is 4.01. The Morgan fingerprint density at radius 2 is 2.03 bits per heavy atom. The predicted octanol–water partition coefficient (Wildman–Crippen LogP) is 2.25. The van der Waals surface area contributed by atoms with Crippen LogP contribution in [0.25, 0.3) is 10.9 Å². The van der Waals surface area contributed by atoms with Crippen LogP contribution < -0.4 is 5.73 Å². The number of H-pyrrole nitrogens is 1. The summed E-state index contributed by atoms with van der Waals surface area (Å²) in [5.74, 6) is 0.186. The maximum Gasteiger partial charge on any atom is 0.269 e. The van der Waals surface area contributed by atoms with Gasteiger partial charge in [-0.05, 0) is 52.4 Å². The summed E-state index contributed by atoms with van der Waals surface area (Å²) in [5.41, 5.74) is 9.97. The molecule has 0 saturated carbocycles. The maximum absolute atomic E-state index is 11.7. The Morgan fingerprint density at radius 1 is 1.21 bits per heavy atom. The van der Waals surface area contributed by atoms with Crippen LogP contribution in [0.4, 0.5) is 0 Å². The number of aromatic nitrogens is 6. The molecular formula is C21H22N7O. The summed E-state index contributed by atoms with van der Waals surface area (Å²) in [6, 6.07) is 14.3. The van der Waals surface area contributed by atoms with Gasteiger partial charge in [0.05, 0.1) is 5.52 Å². The van der Waals surface area contributed by atoms with Crippen LogP contribution >= 0.6 is 0 Å². The van der Waals surface area contributed by atoms with Gasteiger partial charge in [0.2, 0.25) is 0 Å². The number of rotatable bonds is 8. The standard InChI is InChI=1S/C21H22N7O/c1-2-16-12-15(13-17-19(16)24-25-20(17)21(22)29)8-9-18-23-26-27-28(18)11-10-14-6-4-3-5-7-14/h3-7,9,12-13H,2,8,10-11H2,1H3,(H2,22,29)(H,24,25). The third-order valence-electron chi connectivity index (χ3n) is 4.96. The molecule has 29 heavy (non-hydrogen) atoms. The number of nitrogens with two attached hydrogens (primary N) is 1. The summed E-state index contributed by atoms with van der Waals surface area (Å²) in [6.07, 6.45) is 4.31. The summed E-state index contributed by atoms with van der Waals surface area (Å²) < 4.78 is 1.80. The van der Waals surface area contributed by atoms with E-state index in [9.17, 15) is 4.79 Å². The summed E-state index contributed by atoms with van der Waals surface area (Å²) in [4.78, 5) is 11.7. The highest BCUT2D eigenvalue weighted by Crippen LogP contribution is 2.24. The molecule has 3 N–H and O–H groups in total. The number of carbonyl (C=O) groups is 1. The Balaban J connectivity index is 1.51. The minimum atomic E-state index is -0.538. The number of benzene rings is 2. The highest BCUT2D eigenvalue weighted by atomic mass is 16.1. The molecule has 1 amide bonds. The van der Waals surface area contributed by atoms with Gasteiger partial charge in [-0.2, -0.15) is 5.10 Å². The van der Waals surface area contributed by atoms with Gasteiger partial charge in [0.25, 0.3) is 5.91 Å². The summed E-state index contributed by atoms with van der Waals surface area (Å²) in [7, 11) is 0. The van der Waals surface area contributed by atoms with Crippen LogP contribution in [0.5, 0.6) is 0 Å². The van der Waals surface area contributed by atoms with Gasteiger partial charge in [-0.15, -0.1) is 5.10 Å². The van der Waals surface area contributed by atoms with Gasteiger partial charge >= 0.3 is 0 Å². The Morgan fingerprint density at radius 3 is 2.79 bits per heavy atom. The lowest BCUT2D eigenvalue weighted by Gasteiger charge is -2.07. The fourth-order valence-electron chi connectivity index (χ4n) is 3.45. The normalized spacial score (nSPS) is 11.2. The number of aryl methyl sites for hydroxylation is 3. The lowest BCUT2D eigenvalue weighted by atomic mass is 10.00. The van der Waals surface area contributed by atoms with Crippen molar-refractivity contribution >= 4 is 16.8 Å². The molecule has 2 aromatic carbocycles. The smallest absolute Gasteiger partial charge is 0.269 e. The Kier molecular flexibility index (Phi) is 5.33. The van der Waals surface area contributed by atoms with E-state index in [0.717, 1.165) is 40.7 Å². The van der Waals surface area contributed by atoms with Crippen LogP contribution in [0.3, 0.4) is 0 Å². The number of nitrogens with one attached hydrogen (secondary N) is 1. The van der Waals surface area contributed by atoms with Gasteiger partial charge in [-0.25, -0.2) is 4.68 Å². The number of hydrogen-bond donors (Lipinski definition) is 2. The molecule has 4 aromatic rings. The Hall–Kier alpha value is -3.55. The molecule has 2 heterocycles. The van der Waals surface area contributed by atoms with Crippen molar-refractivity contribution in [3.05, 3.63) is 77.1 Å². The van der Waals surface area contributed by atoms with Gasteiger partial charge in [-0.3, -0.25) is 9.89 Å². The number of nitrogens with zero attached hydrogens (tertiary/aromatic N) is 5. The second kappa shape index (κ2) is 8.22. The van der Waals surface area contributed by atoms with Crippen LogP contribution in [0.15, 0.2) is 42.5 Å². The molecule has 147 valence electrons. The molecule has 0 aliphatic rings. The first-order valence-electron chi connectivity index (χ1n) is 9.58. The monoisotopic (exact) mass is 388 g/mol. The zero-order valence-electron chi connectivity index (χ0n) is 16.2. The van der Waals surface area contributed by atoms with Gasteiger partial charge in [0, 0.05) is 18.4 Å². The van der Waals surface area contributed by atoms with Crippen molar-refractivity contribution in [1.29, 1.82) is 0 Å². The van der Waals surface area contributed by atoms with Gasteiger partial charge in [0.1, 0.15) is 0 Å². The first-order valence-corrected chi connectivity index (χ1v) is 9.58. The van der Waals surface area contributed by atoms with Crippen molar-refractivity contribution < 1.29 is 4.79 Å². The minimum absolute atomic E-state index is 0.268. The average molecular weight is 388 g/mol. The summed E-state index contributed by atoms with van der Waals surface area (Å²) in [5, 5.41) is 19.8. The number of amides is 1. The minimum Gasteiger partial charge on any atom is -0.364 e. The number of primary amides is 1. The highest BCUT2D eigenvalue weighted by Gasteiger charge is 2.15. The van der Waals surface area contributed by atoms with E-state index in [1.807, 2.05) is 30.7 Å². The fraction of sp³-hybridized carbons (Fsp3) is 0.238. The van der Waals surface area contributed by atoms with Crippen molar-refractivity contribution in [2.75, 3.05) is 0 Å². The maximum atomic E-state index is 11.7. The zero-order valence-corrected chi connectivity index (χ0v) is 16.2. The molecule has 0 aliphatic carbocycles. The van der Waals surface area contributed by atoms with Crippen LogP contribution in [-0.4, -0.2) is 36.3 Å². The van der Waals surface area contributed by atoms with E-state index in [1.54, 1.807) is 4.68 Å². The SMILES string of the molecule is CCc1cc(C[CH]c2nnnn2CCc2ccccc2)cc2c(C(N)=O)n[nH]c12. The van der Waals surface area contributed by atoms with Crippen molar-refractivity contribution in [3.8, 4) is 0 Å². The van der Waals surface area contributed by atoms with Gasteiger partial charge < -0.3 is 5.73 Å². The molecule has 0 atom stereocenters. The molecule has 2 aromatic heterocycles. The summed E-state index contributed by atoms with van der Waals surface area (Å²) in [6.45, 7) is 2.77. The van der Waals surface area contributed by atoms with E-state index in [1.165, 1.54) is 5.56 Å². The van der Waals surface area contributed by atoms with Crippen LogP contribution in [-0.2, 0) is 25.8 Å².